The normalized spacial score (nSPS) is 11.1. The van der Waals surface area contributed by atoms with E-state index in [-0.39, 0.29) is 0 Å². The van der Waals surface area contributed by atoms with Crippen molar-refractivity contribution >= 4 is 34.5 Å². The van der Waals surface area contributed by atoms with Gasteiger partial charge in [-0.25, -0.2) is 4.98 Å². The SMILES string of the molecule is OB(O)c1ccnc2[nH]c3ccccc3c12. The van der Waals surface area contributed by atoms with Crippen LogP contribution in [-0.2, 0) is 0 Å². The smallest absolute Gasteiger partial charge is 0.423 e. The molecule has 2 heterocycles. The molecular formula is C11H9BN2O2. The van der Waals surface area contributed by atoms with Gasteiger partial charge in [0.15, 0.2) is 0 Å². The lowest BCUT2D eigenvalue weighted by Gasteiger charge is -2.00. The number of aromatic amines is 1. The van der Waals surface area contributed by atoms with Gasteiger partial charge in [0.05, 0.1) is 0 Å². The minimum atomic E-state index is -1.48. The topological polar surface area (TPSA) is 69.1 Å². The molecule has 4 nitrogen and oxygen atoms in total. The summed E-state index contributed by atoms with van der Waals surface area (Å²) in [7, 11) is -1.48. The number of benzene rings is 1. The Labute approximate surface area is 91.7 Å². The third kappa shape index (κ3) is 1.22. The fourth-order valence-electron chi connectivity index (χ4n) is 2.01. The maximum atomic E-state index is 9.31. The molecule has 0 amide bonds. The summed E-state index contributed by atoms with van der Waals surface area (Å²) in [5.41, 5.74) is 2.09. The summed E-state index contributed by atoms with van der Waals surface area (Å²) in [4.78, 5) is 7.32. The zero-order chi connectivity index (χ0) is 11.1. The van der Waals surface area contributed by atoms with Gasteiger partial charge in [-0.2, -0.15) is 0 Å². The van der Waals surface area contributed by atoms with Crippen molar-refractivity contribution in [3.63, 3.8) is 0 Å². The Kier molecular flexibility index (Phi) is 1.95. The van der Waals surface area contributed by atoms with Crippen LogP contribution < -0.4 is 5.46 Å². The van der Waals surface area contributed by atoms with Crippen LogP contribution in [-0.4, -0.2) is 27.1 Å². The number of hydrogen-bond donors (Lipinski definition) is 3. The number of fused-ring (bicyclic) bond motifs is 3. The zero-order valence-electron chi connectivity index (χ0n) is 8.38. The highest BCUT2D eigenvalue weighted by Crippen LogP contribution is 2.21. The number of H-pyrrole nitrogens is 1. The number of aromatic nitrogens is 2. The van der Waals surface area contributed by atoms with Crippen molar-refractivity contribution in [2.75, 3.05) is 0 Å². The van der Waals surface area contributed by atoms with Gasteiger partial charge in [-0.15, -0.1) is 0 Å². The summed E-state index contributed by atoms with van der Waals surface area (Å²) in [6.45, 7) is 0. The second-order valence-electron chi connectivity index (χ2n) is 3.67. The second kappa shape index (κ2) is 3.33. The monoisotopic (exact) mass is 212 g/mol. The Morgan fingerprint density at radius 2 is 1.94 bits per heavy atom. The molecule has 0 spiro atoms. The first-order valence-electron chi connectivity index (χ1n) is 4.99. The molecule has 0 aliphatic carbocycles. The van der Waals surface area contributed by atoms with Gasteiger partial charge in [0.25, 0.3) is 0 Å². The lowest BCUT2D eigenvalue weighted by Crippen LogP contribution is -2.30. The van der Waals surface area contributed by atoms with Crippen LogP contribution in [0, 0.1) is 0 Å². The van der Waals surface area contributed by atoms with Crippen LogP contribution in [0.15, 0.2) is 36.5 Å². The van der Waals surface area contributed by atoms with E-state index >= 15 is 0 Å². The first kappa shape index (κ1) is 9.39. The number of para-hydroxylation sites is 1. The van der Waals surface area contributed by atoms with E-state index in [0.717, 1.165) is 16.3 Å². The molecule has 16 heavy (non-hydrogen) atoms. The van der Waals surface area contributed by atoms with E-state index in [2.05, 4.69) is 9.97 Å². The summed E-state index contributed by atoms with van der Waals surface area (Å²) in [6.07, 6.45) is 1.56. The Hall–Kier alpha value is -1.85. The van der Waals surface area contributed by atoms with Crippen LogP contribution >= 0.6 is 0 Å². The number of pyridine rings is 1. The van der Waals surface area contributed by atoms with Crippen molar-refractivity contribution in [2.45, 2.75) is 0 Å². The van der Waals surface area contributed by atoms with Gasteiger partial charge in [0.2, 0.25) is 0 Å². The highest BCUT2D eigenvalue weighted by molar-refractivity contribution is 6.62. The predicted octanol–water partition coefficient (Wildman–Crippen LogP) is 0.396. The zero-order valence-corrected chi connectivity index (χ0v) is 8.38. The Balaban J connectivity index is 2.53. The number of nitrogens with zero attached hydrogens (tertiary/aromatic N) is 1. The first-order valence-corrected chi connectivity index (χ1v) is 4.99. The molecular weight excluding hydrogens is 203 g/mol. The third-order valence-electron chi connectivity index (χ3n) is 2.71. The van der Waals surface area contributed by atoms with E-state index in [1.54, 1.807) is 12.3 Å². The first-order chi connectivity index (χ1) is 7.77. The van der Waals surface area contributed by atoms with E-state index in [1.807, 2.05) is 24.3 Å². The Bertz CT molecular complexity index is 663. The fourth-order valence-corrected chi connectivity index (χ4v) is 2.01. The van der Waals surface area contributed by atoms with E-state index in [1.165, 1.54) is 0 Å². The van der Waals surface area contributed by atoms with Crippen molar-refractivity contribution < 1.29 is 10.0 Å². The molecule has 3 rings (SSSR count). The molecule has 0 unspecified atom stereocenters. The molecule has 0 aliphatic heterocycles. The summed E-state index contributed by atoms with van der Waals surface area (Å²) in [6, 6.07) is 9.32. The van der Waals surface area contributed by atoms with Crippen molar-refractivity contribution in [1.82, 2.24) is 9.97 Å². The second-order valence-corrected chi connectivity index (χ2v) is 3.67. The molecule has 3 aromatic rings. The molecule has 0 aliphatic rings. The molecule has 78 valence electrons. The standard InChI is InChI=1S/C11H9BN2O2/c15-12(16)8-5-6-13-11-10(8)7-3-1-2-4-9(7)14-11/h1-6,15-16H,(H,13,14). The van der Waals surface area contributed by atoms with Gasteiger partial charge >= 0.3 is 7.12 Å². The molecule has 0 atom stereocenters. The lowest BCUT2D eigenvalue weighted by molar-refractivity contribution is 0.426. The maximum absolute atomic E-state index is 9.31. The maximum Gasteiger partial charge on any atom is 0.489 e. The summed E-state index contributed by atoms with van der Waals surface area (Å²) in [5, 5.41) is 20.4. The molecule has 0 bridgehead atoms. The highest BCUT2D eigenvalue weighted by Gasteiger charge is 2.17. The average Bonchev–Trinajstić information content (AvgIpc) is 2.66. The summed E-state index contributed by atoms with van der Waals surface area (Å²) < 4.78 is 0. The van der Waals surface area contributed by atoms with Crippen LogP contribution in [0.5, 0.6) is 0 Å². The van der Waals surface area contributed by atoms with E-state index in [9.17, 15) is 10.0 Å². The van der Waals surface area contributed by atoms with Gasteiger partial charge in [-0.1, -0.05) is 18.2 Å². The molecule has 0 fully saturated rings. The van der Waals surface area contributed by atoms with E-state index < -0.39 is 7.12 Å². The molecule has 3 N–H and O–H groups in total. The molecule has 0 saturated carbocycles. The van der Waals surface area contributed by atoms with Gasteiger partial charge in [0.1, 0.15) is 5.65 Å². The molecule has 0 radical (unpaired) electrons. The minimum absolute atomic E-state index is 0.474. The quantitative estimate of drug-likeness (QED) is 0.511. The van der Waals surface area contributed by atoms with Gasteiger partial charge < -0.3 is 15.0 Å². The molecule has 0 saturated heterocycles. The molecule has 1 aromatic carbocycles. The number of rotatable bonds is 1. The van der Waals surface area contributed by atoms with E-state index in [4.69, 9.17) is 0 Å². The van der Waals surface area contributed by atoms with Gasteiger partial charge in [-0.3, -0.25) is 0 Å². The van der Waals surface area contributed by atoms with Crippen molar-refractivity contribution in [3.05, 3.63) is 36.5 Å². The van der Waals surface area contributed by atoms with Crippen molar-refractivity contribution in [2.24, 2.45) is 0 Å². The van der Waals surface area contributed by atoms with Crippen molar-refractivity contribution in [1.29, 1.82) is 0 Å². The number of hydrogen-bond acceptors (Lipinski definition) is 3. The van der Waals surface area contributed by atoms with Crippen LogP contribution in [0.25, 0.3) is 21.9 Å². The lowest BCUT2D eigenvalue weighted by atomic mass is 9.78. The van der Waals surface area contributed by atoms with Crippen LogP contribution in [0.1, 0.15) is 0 Å². The highest BCUT2D eigenvalue weighted by atomic mass is 16.4. The Morgan fingerprint density at radius 3 is 2.75 bits per heavy atom. The minimum Gasteiger partial charge on any atom is -0.423 e. The summed E-state index contributed by atoms with van der Waals surface area (Å²) >= 11 is 0. The Morgan fingerprint density at radius 1 is 1.12 bits per heavy atom. The summed E-state index contributed by atoms with van der Waals surface area (Å²) in [5.74, 6) is 0. The number of nitrogens with one attached hydrogen (secondary N) is 1. The fraction of sp³-hybridized carbons (Fsp3) is 0. The van der Waals surface area contributed by atoms with Gasteiger partial charge in [0, 0.05) is 22.5 Å². The van der Waals surface area contributed by atoms with E-state index in [0.29, 0.717) is 11.1 Å². The van der Waals surface area contributed by atoms with Crippen LogP contribution in [0.2, 0.25) is 0 Å². The van der Waals surface area contributed by atoms with Crippen LogP contribution in [0.3, 0.4) is 0 Å². The largest absolute Gasteiger partial charge is 0.489 e. The molecule has 5 heteroatoms. The third-order valence-corrected chi connectivity index (χ3v) is 2.71. The van der Waals surface area contributed by atoms with Crippen molar-refractivity contribution in [3.8, 4) is 0 Å². The van der Waals surface area contributed by atoms with Crippen LogP contribution in [0.4, 0.5) is 0 Å². The predicted molar refractivity (Wildman–Crippen MR) is 63.4 cm³/mol. The average molecular weight is 212 g/mol. The van der Waals surface area contributed by atoms with Gasteiger partial charge in [-0.05, 0) is 17.6 Å². The molecule has 2 aromatic heterocycles.